The minimum atomic E-state index is -0.759. The van der Waals surface area contributed by atoms with Crippen LogP contribution in [-0.2, 0) is 9.59 Å². The fourth-order valence-corrected chi connectivity index (χ4v) is 5.59. The maximum absolute atomic E-state index is 12.9. The van der Waals surface area contributed by atoms with E-state index in [0.717, 1.165) is 31.2 Å². The first-order chi connectivity index (χ1) is 16.6. The van der Waals surface area contributed by atoms with Crippen molar-refractivity contribution in [2.75, 3.05) is 5.75 Å². The SMILES string of the molecule is O=C(CC1C(=O)N=C2c3ccccc3N=C(SCC(=O)c3ccccc3)N21)NC1CCCCC1. The summed E-state index contributed by atoms with van der Waals surface area (Å²) in [5, 5.41) is 3.61. The van der Waals surface area contributed by atoms with Crippen molar-refractivity contribution in [3.05, 3.63) is 65.7 Å². The molecule has 0 saturated heterocycles. The number of amides is 2. The summed E-state index contributed by atoms with van der Waals surface area (Å²) < 4.78 is 0. The number of nitrogens with zero attached hydrogens (tertiary/aromatic N) is 3. The van der Waals surface area contributed by atoms with Crippen molar-refractivity contribution in [1.29, 1.82) is 0 Å². The Balaban J connectivity index is 1.36. The van der Waals surface area contributed by atoms with Crippen LogP contribution in [0.2, 0.25) is 0 Å². The Labute approximate surface area is 202 Å². The molecule has 2 heterocycles. The lowest BCUT2D eigenvalue weighted by Crippen LogP contribution is -2.47. The highest BCUT2D eigenvalue weighted by molar-refractivity contribution is 8.14. The van der Waals surface area contributed by atoms with Crippen LogP contribution in [0.1, 0.15) is 54.4 Å². The molecule has 2 aromatic carbocycles. The number of amidine groups is 2. The van der Waals surface area contributed by atoms with Gasteiger partial charge in [-0.15, -0.1) is 0 Å². The Hall–Kier alpha value is -3.26. The molecule has 1 fully saturated rings. The van der Waals surface area contributed by atoms with Crippen LogP contribution in [0, 0.1) is 0 Å². The minimum absolute atomic E-state index is 0.0106. The van der Waals surface area contributed by atoms with E-state index in [0.29, 0.717) is 22.3 Å². The normalized spacial score (nSPS) is 19.7. The van der Waals surface area contributed by atoms with Gasteiger partial charge in [-0.2, -0.15) is 4.99 Å². The number of aliphatic imine (C=N–C) groups is 2. The third-order valence-corrected chi connectivity index (χ3v) is 7.34. The van der Waals surface area contributed by atoms with E-state index in [1.165, 1.54) is 18.2 Å². The van der Waals surface area contributed by atoms with Crippen molar-refractivity contribution in [2.45, 2.75) is 50.6 Å². The maximum atomic E-state index is 12.9. The topological polar surface area (TPSA) is 91.2 Å². The lowest BCUT2D eigenvalue weighted by molar-refractivity contribution is -0.127. The van der Waals surface area contributed by atoms with Crippen LogP contribution in [0.3, 0.4) is 0 Å². The van der Waals surface area contributed by atoms with Crippen LogP contribution < -0.4 is 5.32 Å². The van der Waals surface area contributed by atoms with E-state index in [4.69, 9.17) is 4.99 Å². The second-order valence-corrected chi connectivity index (χ2v) is 9.70. The van der Waals surface area contributed by atoms with Crippen LogP contribution in [0.25, 0.3) is 0 Å². The van der Waals surface area contributed by atoms with Crippen molar-refractivity contribution in [3.63, 3.8) is 0 Å². The molecular formula is C26H26N4O3S. The Morgan fingerprint density at radius 3 is 2.50 bits per heavy atom. The fraction of sp³-hybridized carbons (Fsp3) is 0.346. The second-order valence-electron chi connectivity index (χ2n) is 8.76. The van der Waals surface area contributed by atoms with Gasteiger partial charge in [0.05, 0.1) is 17.9 Å². The number of thioether (sulfide) groups is 1. The smallest absolute Gasteiger partial charge is 0.271 e. The number of ketones is 1. The number of Topliss-reactive ketones (excluding diaryl/α,β-unsaturated/α-hetero) is 1. The number of benzene rings is 2. The van der Waals surface area contributed by atoms with Gasteiger partial charge in [0.15, 0.2) is 11.0 Å². The summed E-state index contributed by atoms with van der Waals surface area (Å²) in [7, 11) is 0. The van der Waals surface area contributed by atoms with Crippen molar-refractivity contribution >= 4 is 46.1 Å². The number of fused-ring (bicyclic) bond motifs is 3. The van der Waals surface area contributed by atoms with Crippen LogP contribution in [0.15, 0.2) is 64.6 Å². The molecule has 1 aliphatic carbocycles. The molecule has 1 N–H and O–H groups in total. The predicted octanol–water partition coefficient (Wildman–Crippen LogP) is 4.10. The molecule has 3 aliphatic rings. The Morgan fingerprint density at radius 1 is 0.971 bits per heavy atom. The first-order valence-corrected chi connectivity index (χ1v) is 12.7. The number of rotatable bonds is 6. The molecule has 1 unspecified atom stereocenters. The van der Waals surface area contributed by atoms with Gasteiger partial charge in [0.1, 0.15) is 11.9 Å². The minimum Gasteiger partial charge on any atom is -0.353 e. The molecule has 34 heavy (non-hydrogen) atoms. The highest BCUT2D eigenvalue weighted by Gasteiger charge is 2.43. The summed E-state index contributed by atoms with van der Waals surface area (Å²) >= 11 is 1.27. The van der Waals surface area contributed by atoms with Crippen molar-refractivity contribution < 1.29 is 14.4 Å². The predicted molar refractivity (Wildman–Crippen MR) is 134 cm³/mol. The van der Waals surface area contributed by atoms with Gasteiger partial charge >= 0.3 is 0 Å². The van der Waals surface area contributed by atoms with E-state index >= 15 is 0 Å². The van der Waals surface area contributed by atoms with E-state index in [1.54, 1.807) is 17.0 Å². The molecule has 7 nitrogen and oxygen atoms in total. The quantitative estimate of drug-likeness (QED) is 0.637. The maximum Gasteiger partial charge on any atom is 0.271 e. The van der Waals surface area contributed by atoms with Gasteiger partial charge in [0.25, 0.3) is 5.91 Å². The fourth-order valence-electron chi connectivity index (χ4n) is 4.65. The zero-order chi connectivity index (χ0) is 23.5. The largest absolute Gasteiger partial charge is 0.353 e. The van der Waals surface area contributed by atoms with Crippen LogP contribution in [0.4, 0.5) is 5.69 Å². The van der Waals surface area contributed by atoms with E-state index in [1.807, 2.05) is 42.5 Å². The number of carbonyl (C=O) groups excluding carboxylic acids is 3. The Kier molecular flexibility index (Phi) is 6.58. The average molecular weight is 475 g/mol. The molecule has 174 valence electrons. The highest BCUT2D eigenvalue weighted by Crippen LogP contribution is 2.35. The molecule has 2 amide bonds. The van der Waals surface area contributed by atoms with E-state index < -0.39 is 6.04 Å². The Bertz CT molecular complexity index is 1170. The van der Waals surface area contributed by atoms with Gasteiger partial charge in [-0.05, 0) is 25.0 Å². The molecule has 0 bridgehead atoms. The summed E-state index contributed by atoms with van der Waals surface area (Å²) in [6, 6.07) is 16.0. The van der Waals surface area contributed by atoms with Gasteiger partial charge in [-0.3, -0.25) is 19.3 Å². The lowest BCUT2D eigenvalue weighted by atomic mass is 9.95. The molecule has 1 atom stereocenters. The zero-order valence-corrected chi connectivity index (χ0v) is 19.6. The molecule has 2 aromatic rings. The van der Waals surface area contributed by atoms with Gasteiger partial charge < -0.3 is 5.32 Å². The zero-order valence-electron chi connectivity index (χ0n) is 18.8. The first kappa shape index (κ1) is 22.5. The monoisotopic (exact) mass is 474 g/mol. The van der Waals surface area contributed by atoms with Crippen molar-refractivity contribution in [3.8, 4) is 0 Å². The molecule has 0 spiro atoms. The van der Waals surface area contributed by atoms with Crippen molar-refractivity contribution in [2.24, 2.45) is 9.98 Å². The summed E-state index contributed by atoms with van der Waals surface area (Å²) in [6.07, 6.45) is 5.41. The molecule has 5 rings (SSSR count). The molecule has 1 saturated carbocycles. The summed E-state index contributed by atoms with van der Waals surface area (Å²) in [4.78, 5) is 49.3. The lowest BCUT2D eigenvalue weighted by Gasteiger charge is -2.31. The number of hydrogen-bond acceptors (Lipinski definition) is 6. The number of para-hydroxylation sites is 1. The third-order valence-electron chi connectivity index (χ3n) is 6.39. The van der Waals surface area contributed by atoms with Crippen LogP contribution in [0.5, 0.6) is 0 Å². The highest BCUT2D eigenvalue weighted by atomic mass is 32.2. The summed E-state index contributed by atoms with van der Waals surface area (Å²) in [5.41, 5.74) is 2.08. The standard InChI is InChI=1S/C26H26N4O3S/c31-22(17-9-3-1-4-10-17)16-34-26-28-20-14-8-7-13-19(20)24-29-25(33)21(30(24)26)15-23(32)27-18-11-5-2-6-12-18/h1,3-4,7-10,13-14,18,21H,2,5-6,11-12,15-16H2,(H,27,32). The molecule has 0 radical (unpaired) electrons. The van der Waals surface area contributed by atoms with Crippen molar-refractivity contribution in [1.82, 2.24) is 10.2 Å². The Morgan fingerprint density at radius 2 is 1.71 bits per heavy atom. The van der Waals surface area contributed by atoms with Crippen LogP contribution in [-0.4, -0.2) is 51.3 Å². The first-order valence-electron chi connectivity index (χ1n) is 11.7. The average Bonchev–Trinajstić information content (AvgIpc) is 3.19. The summed E-state index contributed by atoms with van der Waals surface area (Å²) in [5.74, 6) is 0.145. The van der Waals surface area contributed by atoms with E-state index in [2.05, 4.69) is 10.3 Å². The number of carbonyl (C=O) groups is 3. The van der Waals surface area contributed by atoms with E-state index in [9.17, 15) is 14.4 Å². The van der Waals surface area contributed by atoms with E-state index in [-0.39, 0.29) is 35.8 Å². The van der Waals surface area contributed by atoms with Gasteiger partial charge in [-0.25, -0.2) is 4.99 Å². The molecular weight excluding hydrogens is 448 g/mol. The second kappa shape index (κ2) is 9.93. The number of hydrogen-bond donors (Lipinski definition) is 1. The molecule has 0 aromatic heterocycles. The molecule has 8 heteroatoms. The van der Waals surface area contributed by atoms with Gasteiger partial charge in [0, 0.05) is 17.2 Å². The van der Waals surface area contributed by atoms with Gasteiger partial charge in [0.2, 0.25) is 5.91 Å². The summed E-state index contributed by atoms with van der Waals surface area (Å²) in [6.45, 7) is 0. The molecule has 2 aliphatic heterocycles. The van der Waals surface area contributed by atoms with Crippen LogP contribution >= 0.6 is 11.8 Å². The number of nitrogens with one attached hydrogen (secondary N) is 1. The third kappa shape index (κ3) is 4.68. The van der Waals surface area contributed by atoms with Gasteiger partial charge in [-0.1, -0.05) is 73.5 Å².